The Kier molecular flexibility index (Phi) is 5.57. The lowest BCUT2D eigenvalue weighted by molar-refractivity contribution is -0.135. The van der Waals surface area contributed by atoms with Crippen LogP contribution in [0, 0.1) is 11.6 Å². The Balaban J connectivity index is 3.38. The molecule has 3 nitrogen and oxygen atoms in total. The minimum Gasteiger partial charge on any atom is -0.207 e. The summed E-state index contributed by atoms with van der Waals surface area (Å²) in [6, 6.07) is 1.40. The van der Waals surface area contributed by atoms with Crippen LogP contribution in [0.5, 0.6) is 0 Å². The second-order valence-electron chi connectivity index (χ2n) is 4.07. The minimum absolute atomic E-state index is 0.0167. The van der Waals surface area contributed by atoms with Crippen molar-refractivity contribution in [2.45, 2.75) is 23.9 Å². The van der Waals surface area contributed by atoms with E-state index in [4.69, 9.17) is 11.6 Å². The summed E-state index contributed by atoms with van der Waals surface area (Å²) < 4.78 is 88.2. The van der Waals surface area contributed by atoms with E-state index in [1.54, 1.807) is 0 Å². The Morgan fingerprint density at radius 2 is 1.81 bits per heavy atom. The lowest BCUT2D eigenvalue weighted by Gasteiger charge is -2.22. The van der Waals surface area contributed by atoms with Crippen LogP contribution in [0.4, 0.5) is 22.0 Å². The fourth-order valence-electron chi connectivity index (χ4n) is 1.59. The van der Waals surface area contributed by atoms with Gasteiger partial charge in [0.1, 0.15) is 11.4 Å². The molecule has 1 aromatic carbocycles. The van der Waals surface area contributed by atoms with Gasteiger partial charge in [-0.25, -0.2) is 17.2 Å². The number of hydrogen-bond acceptors (Lipinski definition) is 2. The zero-order valence-corrected chi connectivity index (χ0v) is 12.3. The summed E-state index contributed by atoms with van der Waals surface area (Å²) in [5, 5.41) is 0. The number of alkyl halides is 4. The highest BCUT2D eigenvalue weighted by Gasteiger charge is 2.37. The Bertz CT molecular complexity index is 618. The van der Waals surface area contributed by atoms with Crippen LogP contribution in [-0.2, 0) is 15.9 Å². The molecule has 0 N–H and O–H groups in total. The van der Waals surface area contributed by atoms with Gasteiger partial charge in [-0.05, 0) is 17.7 Å². The molecule has 0 fully saturated rings. The van der Waals surface area contributed by atoms with Crippen molar-refractivity contribution >= 4 is 21.6 Å². The van der Waals surface area contributed by atoms with E-state index < -0.39 is 45.8 Å². The number of benzene rings is 1. The molecule has 0 unspecified atom stereocenters. The van der Waals surface area contributed by atoms with Gasteiger partial charge in [0, 0.05) is 12.4 Å². The van der Waals surface area contributed by atoms with Gasteiger partial charge in [0.05, 0.1) is 0 Å². The number of rotatable bonds is 5. The lowest BCUT2D eigenvalue weighted by atomic mass is 10.2. The second kappa shape index (κ2) is 6.45. The summed E-state index contributed by atoms with van der Waals surface area (Å²) in [4.78, 5) is -1.16. The first kappa shape index (κ1) is 18.1. The molecule has 0 aromatic heterocycles. The molecule has 0 radical (unpaired) electrons. The van der Waals surface area contributed by atoms with Gasteiger partial charge >= 0.3 is 6.18 Å². The third-order valence-corrected chi connectivity index (χ3v) is 4.76. The molecule has 0 saturated carbocycles. The summed E-state index contributed by atoms with van der Waals surface area (Å²) in [7, 11) is -4.83. The molecule has 0 atom stereocenters. The van der Waals surface area contributed by atoms with Crippen LogP contribution in [0.3, 0.4) is 0 Å². The maximum Gasteiger partial charge on any atom is 0.402 e. The summed E-state index contributed by atoms with van der Waals surface area (Å²) in [5.74, 6) is -3.54. The van der Waals surface area contributed by atoms with Crippen LogP contribution in [-0.4, -0.2) is 32.0 Å². The van der Waals surface area contributed by atoms with Crippen molar-refractivity contribution in [3.63, 3.8) is 0 Å². The van der Waals surface area contributed by atoms with Gasteiger partial charge in [0.2, 0.25) is 10.0 Å². The Labute approximate surface area is 123 Å². The summed E-state index contributed by atoms with van der Waals surface area (Å²) >= 11 is 5.42. The van der Waals surface area contributed by atoms with Gasteiger partial charge < -0.3 is 0 Å². The molecule has 120 valence electrons. The highest BCUT2D eigenvalue weighted by atomic mass is 35.5. The number of nitrogens with zero attached hydrogens (tertiary/aromatic N) is 1. The smallest absolute Gasteiger partial charge is 0.207 e. The van der Waals surface area contributed by atoms with Crippen LogP contribution >= 0.6 is 11.6 Å². The molecule has 10 heteroatoms. The molecule has 0 bridgehead atoms. The highest BCUT2D eigenvalue weighted by molar-refractivity contribution is 7.89. The maximum atomic E-state index is 13.6. The third-order valence-electron chi connectivity index (χ3n) is 2.54. The predicted octanol–water partition coefficient (Wildman–Crippen LogP) is 3.28. The third kappa shape index (κ3) is 4.27. The van der Waals surface area contributed by atoms with Crippen molar-refractivity contribution in [1.29, 1.82) is 0 Å². The normalized spacial score (nSPS) is 13.0. The Hall–Kier alpha value is -0.930. The van der Waals surface area contributed by atoms with Crippen LogP contribution in [0.15, 0.2) is 17.0 Å². The van der Waals surface area contributed by atoms with E-state index in [-0.39, 0.29) is 15.7 Å². The molecule has 0 aliphatic heterocycles. The van der Waals surface area contributed by atoms with Crippen LogP contribution in [0.25, 0.3) is 0 Å². The predicted molar refractivity (Wildman–Crippen MR) is 66.4 cm³/mol. The van der Waals surface area contributed by atoms with Crippen molar-refractivity contribution in [2.24, 2.45) is 0 Å². The van der Waals surface area contributed by atoms with E-state index in [1.165, 1.54) is 0 Å². The first-order valence-corrected chi connectivity index (χ1v) is 7.61. The number of sulfonamides is 1. The van der Waals surface area contributed by atoms with Crippen molar-refractivity contribution in [3.8, 4) is 0 Å². The minimum atomic E-state index is -4.83. The van der Waals surface area contributed by atoms with E-state index in [2.05, 4.69) is 0 Å². The van der Waals surface area contributed by atoms with Gasteiger partial charge in [-0.1, -0.05) is 6.92 Å². The molecule has 1 rings (SSSR count). The maximum absolute atomic E-state index is 13.6. The van der Waals surface area contributed by atoms with Crippen molar-refractivity contribution in [1.82, 2.24) is 4.31 Å². The summed E-state index contributed by atoms with van der Waals surface area (Å²) in [5.41, 5.74) is -0.0581. The van der Waals surface area contributed by atoms with E-state index in [9.17, 15) is 30.4 Å². The van der Waals surface area contributed by atoms with Crippen LogP contribution in [0.2, 0.25) is 0 Å². The summed E-state index contributed by atoms with van der Waals surface area (Å²) in [6.45, 7) is -1.19. The fraction of sp³-hybridized carbons (Fsp3) is 0.455. The first-order chi connectivity index (χ1) is 9.52. The second-order valence-corrected chi connectivity index (χ2v) is 6.24. The monoisotopic (exact) mass is 351 g/mol. The molecular formula is C11H11ClF5NO2S. The molecular weight excluding hydrogens is 341 g/mol. The fourth-order valence-corrected chi connectivity index (χ4v) is 3.30. The molecule has 0 saturated heterocycles. The molecule has 1 aromatic rings. The zero-order chi connectivity index (χ0) is 16.4. The molecule has 0 aliphatic rings. The highest BCUT2D eigenvalue weighted by Crippen LogP contribution is 2.26. The van der Waals surface area contributed by atoms with E-state index in [0.29, 0.717) is 6.07 Å². The Morgan fingerprint density at radius 1 is 1.24 bits per heavy atom. The van der Waals surface area contributed by atoms with Gasteiger partial charge in [-0.3, -0.25) is 0 Å². The first-order valence-electron chi connectivity index (χ1n) is 5.63. The van der Waals surface area contributed by atoms with E-state index in [1.807, 2.05) is 0 Å². The van der Waals surface area contributed by atoms with Gasteiger partial charge in [0.15, 0.2) is 11.6 Å². The topological polar surface area (TPSA) is 37.4 Å². The molecule has 0 aliphatic carbocycles. The van der Waals surface area contributed by atoms with E-state index in [0.717, 1.165) is 13.0 Å². The SMILES string of the molecule is CCN(CC(F)(F)F)S(=O)(=O)c1cc(CCl)cc(F)c1F. The zero-order valence-electron chi connectivity index (χ0n) is 10.7. The van der Waals surface area contributed by atoms with Crippen LogP contribution in [0.1, 0.15) is 12.5 Å². The van der Waals surface area contributed by atoms with Gasteiger partial charge in [0.25, 0.3) is 0 Å². The largest absolute Gasteiger partial charge is 0.402 e. The van der Waals surface area contributed by atoms with Gasteiger partial charge in [-0.15, -0.1) is 11.6 Å². The lowest BCUT2D eigenvalue weighted by Crippen LogP contribution is -2.39. The van der Waals surface area contributed by atoms with Crippen molar-refractivity contribution in [2.75, 3.05) is 13.1 Å². The van der Waals surface area contributed by atoms with E-state index >= 15 is 0 Å². The Morgan fingerprint density at radius 3 is 2.24 bits per heavy atom. The quantitative estimate of drug-likeness (QED) is 0.603. The average molecular weight is 352 g/mol. The molecule has 0 heterocycles. The van der Waals surface area contributed by atoms with Crippen molar-refractivity contribution < 1.29 is 30.4 Å². The number of halogens is 6. The summed E-state index contributed by atoms with van der Waals surface area (Å²) in [6.07, 6.45) is -4.80. The number of hydrogen-bond donors (Lipinski definition) is 0. The van der Waals surface area contributed by atoms with Crippen molar-refractivity contribution in [3.05, 3.63) is 29.3 Å². The molecule has 0 amide bonds. The van der Waals surface area contributed by atoms with Crippen LogP contribution < -0.4 is 0 Å². The average Bonchev–Trinajstić information content (AvgIpc) is 2.37. The molecule has 21 heavy (non-hydrogen) atoms. The standard InChI is InChI=1S/C11H11ClF5NO2S/c1-2-18(6-11(15,16)17)21(19,20)9-4-7(5-12)3-8(13)10(9)14/h3-4H,2,5-6H2,1H3. The molecule has 0 spiro atoms. The van der Waals surface area contributed by atoms with Gasteiger partial charge in [-0.2, -0.15) is 17.5 Å².